The Morgan fingerprint density at radius 1 is 0.576 bits per heavy atom. The van der Waals surface area contributed by atoms with E-state index in [1.165, 1.54) is 32.6 Å². The van der Waals surface area contributed by atoms with Gasteiger partial charge in [-0.05, 0) is 70.6 Å². The lowest BCUT2D eigenvalue weighted by molar-refractivity contribution is -0.143. The summed E-state index contributed by atoms with van der Waals surface area (Å²) < 4.78 is 0. The quantitative estimate of drug-likeness (QED) is 0.0580. The number of nitrogens with two attached hydrogens (primary N) is 1. The average Bonchev–Trinajstić information content (AvgIpc) is 3.63. The van der Waals surface area contributed by atoms with Crippen LogP contribution in [-0.2, 0) is 43.2 Å². The van der Waals surface area contributed by atoms with Gasteiger partial charge in [-0.3, -0.25) is 43.2 Å². The normalized spacial score (nSPS) is 18.7. The predicted octanol–water partition coefficient (Wildman–Crippen LogP) is -1.76. The van der Waals surface area contributed by atoms with Crippen LogP contribution in [0.4, 0.5) is 0 Å². The number of amides is 8. The summed E-state index contributed by atoms with van der Waals surface area (Å²) >= 11 is 0. The van der Waals surface area contributed by atoms with E-state index in [1.54, 1.807) is 41.5 Å². The van der Waals surface area contributed by atoms with Crippen molar-refractivity contribution in [2.75, 3.05) is 6.54 Å². The Bertz CT molecular complexity index is 1520. The van der Waals surface area contributed by atoms with Crippen LogP contribution in [0.5, 0.6) is 0 Å². The monoisotopic (exact) mass is 840 g/mol. The van der Waals surface area contributed by atoms with Gasteiger partial charge in [-0.15, -0.1) is 0 Å². The van der Waals surface area contributed by atoms with Gasteiger partial charge >= 0.3 is 5.97 Å². The number of aliphatic carboxylic acids is 1. The Morgan fingerprint density at radius 3 is 1.49 bits per heavy atom. The molecule has 0 saturated carbocycles. The topological polar surface area (TPSA) is 308 Å². The summed E-state index contributed by atoms with van der Waals surface area (Å²) in [4.78, 5) is 118. The number of hydrogen-bond donors (Lipinski definition) is 10. The first-order valence-electron chi connectivity index (χ1n) is 20.3. The van der Waals surface area contributed by atoms with Crippen molar-refractivity contribution >= 4 is 53.2 Å². The molecule has 0 aliphatic carbocycles. The number of carbonyl (C=O) groups is 9. The largest absolute Gasteiger partial charge is 0.480 e. The van der Waals surface area contributed by atoms with Crippen molar-refractivity contribution in [3.8, 4) is 0 Å². The zero-order valence-electron chi connectivity index (χ0n) is 36.5. The molecule has 0 aromatic heterocycles. The highest BCUT2D eigenvalue weighted by Crippen LogP contribution is 2.21. The zero-order chi connectivity index (χ0) is 45.6. The molecule has 1 aliphatic heterocycles. The SMILES string of the molecule is CC(C)C[C@H](NC(=O)[C@@H](NC(=O)[C@@H](NC(=O)[C@H](C)NC(=O)[C@H](C)NC(=O)[C@@H]1CCCN1C(=O)[C@@H](NC(=O)[C@@H](N)[C@@H](C)O)C(C)C)C(C)C)C(C)C)C(=O)N[C@@H](C)C(=O)O. The minimum absolute atomic E-state index is 0.0539. The molecule has 0 aromatic carbocycles. The fourth-order valence-electron chi connectivity index (χ4n) is 6.17. The highest BCUT2D eigenvalue weighted by atomic mass is 16.4. The molecule has 1 fully saturated rings. The second kappa shape index (κ2) is 23.7. The van der Waals surface area contributed by atoms with Crippen LogP contribution in [0.3, 0.4) is 0 Å². The van der Waals surface area contributed by atoms with Gasteiger partial charge in [0.05, 0.1) is 6.10 Å². The number of likely N-dealkylation sites (tertiary alicyclic amines) is 1. The maximum Gasteiger partial charge on any atom is 0.325 e. The van der Waals surface area contributed by atoms with Crippen LogP contribution >= 0.6 is 0 Å². The Morgan fingerprint density at radius 2 is 1.02 bits per heavy atom. The molecule has 336 valence electrons. The molecule has 0 spiro atoms. The van der Waals surface area contributed by atoms with Crippen LogP contribution in [0.2, 0.25) is 0 Å². The number of nitrogens with one attached hydrogen (secondary N) is 7. The molecular weight excluding hydrogens is 770 g/mol. The Hall–Kier alpha value is -4.85. The van der Waals surface area contributed by atoms with Crippen LogP contribution in [0, 0.1) is 23.7 Å². The summed E-state index contributed by atoms with van der Waals surface area (Å²) in [6.45, 7) is 19.4. The molecule has 59 heavy (non-hydrogen) atoms. The first-order valence-corrected chi connectivity index (χ1v) is 20.3. The fourth-order valence-corrected chi connectivity index (χ4v) is 6.17. The van der Waals surface area contributed by atoms with Gasteiger partial charge in [0.25, 0.3) is 0 Å². The van der Waals surface area contributed by atoms with E-state index in [0.717, 1.165) is 0 Å². The summed E-state index contributed by atoms with van der Waals surface area (Å²) in [5.74, 6) is -8.02. The van der Waals surface area contributed by atoms with Crippen LogP contribution in [-0.4, -0.2) is 135 Å². The number of nitrogens with zero attached hydrogens (tertiary/aromatic N) is 1. The number of rotatable bonds is 22. The minimum atomic E-state index is -1.26. The average molecular weight is 840 g/mol. The van der Waals surface area contributed by atoms with E-state index in [4.69, 9.17) is 5.73 Å². The van der Waals surface area contributed by atoms with Gasteiger partial charge in [0.15, 0.2) is 0 Å². The smallest absolute Gasteiger partial charge is 0.325 e. The minimum Gasteiger partial charge on any atom is -0.480 e. The number of carboxylic acid groups (broad SMARTS) is 1. The standard InChI is InChI=1S/C39H69N9O11/c1-17(2)16-25(33(52)43-23(11)39(58)59)44-36(55)28(18(3)4)46-37(56)29(19(5)6)45-32(51)22(10)41-31(50)21(9)42-34(53)26-14-13-15-48(26)38(57)30(20(7)8)47-35(54)27(40)24(12)49/h17-30,49H,13-16,40H2,1-12H3,(H,41,50)(H,42,53)(H,43,52)(H,44,55)(H,45,51)(H,46,56)(H,47,54)(H,58,59)/t21-,22-,23-,24+,25-,26-,27-,28-,29-,30-/m0/s1. The van der Waals surface area contributed by atoms with Crippen LogP contribution in [0.25, 0.3) is 0 Å². The molecule has 20 nitrogen and oxygen atoms in total. The van der Waals surface area contributed by atoms with E-state index < -0.39 is 126 Å². The van der Waals surface area contributed by atoms with E-state index in [1.807, 2.05) is 13.8 Å². The van der Waals surface area contributed by atoms with Crippen LogP contribution < -0.4 is 43.0 Å². The first kappa shape index (κ1) is 52.2. The van der Waals surface area contributed by atoms with Gasteiger partial charge in [0.2, 0.25) is 47.3 Å². The summed E-state index contributed by atoms with van der Waals surface area (Å²) in [5, 5.41) is 36.9. The van der Waals surface area contributed by atoms with Gasteiger partial charge in [-0.25, -0.2) is 0 Å². The fraction of sp³-hybridized carbons (Fsp3) is 0.769. The molecule has 0 aromatic rings. The van der Waals surface area contributed by atoms with Crippen molar-refractivity contribution < 1.29 is 53.4 Å². The third kappa shape index (κ3) is 16.0. The van der Waals surface area contributed by atoms with Gasteiger partial charge in [-0.2, -0.15) is 0 Å². The Labute approximate surface area is 347 Å². The number of carbonyl (C=O) groups excluding carboxylic acids is 8. The van der Waals surface area contributed by atoms with E-state index >= 15 is 0 Å². The molecule has 1 aliphatic rings. The van der Waals surface area contributed by atoms with Gasteiger partial charge in [0, 0.05) is 6.54 Å². The molecule has 1 heterocycles. The van der Waals surface area contributed by atoms with Crippen molar-refractivity contribution in [1.82, 2.24) is 42.1 Å². The van der Waals surface area contributed by atoms with Crippen molar-refractivity contribution in [3.05, 3.63) is 0 Å². The summed E-state index contributed by atoms with van der Waals surface area (Å²) in [7, 11) is 0. The molecule has 0 unspecified atom stereocenters. The second-order valence-corrected chi connectivity index (χ2v) is 16.9. The number of hydrogen-bond acceptors (Lipinski definition) is 11. The molecule has 0 radical (unpaired) electrons. The summed E-state index contributed by atoms with van der Waals surface area (Å²) in [5.41, 5.74) is 5.74. The molecule has 1 saturated heterocycles. The second-order valence-electron chi connectivity index (χ2n) is 16.9. The third-order valence-electron chi connectivity index (χ3n) is 9.96. The highest BCUT2D eigenvalue weighted by molar-refractivity contribution is 5.98. The van der Waals surface area contributed by atoms with Crippen molar-refractivity contribution in [2.24, 2.45) is 29.4 Å². The summed E-state index contributed by atoms with van der Waals surface area (Å²) in [6.07, 6.45) is -0.169. The molecule has 1 rings (SSSR count). The lowest BCUT2D eigenvalue weighted by atomic mass is 9.98. The number of carboxylic acids is 1. The predicted molar refractivity (Wildman–Crippen MR) is 217 cm³/mol. The molecule has 8 amide bonds. The first-order chi connectivity index (χ1) is 27.2. The molecule has 11 N–H and O–H groups in total. The molecule has 0 bridgehead atoms. The molecular formula is C39H69N9O11. The van der Waals surface area contributed by atoms with Crippen molar-refractivity contribution in [2.45, 2.75) is 163 Å². The van der Waals surface area contributed by atoms with Crippen LogP contribution in [0.15, 0.2) is 0 Å². The van der Waals surface area contributed by atoms with Crippen LogP contribution in [0.1, 0.15) is 102 Å². The molecule has 20 heteroatoms. The Balaban J connectivity index is 2.97. The van der Waals surface area contributed by atoms with Crippen molar-refractivity contribution in [1.29, 1.82) is 0 Å². The molecule has 10 atom stereocenters. The maximum absolute atomic E-state index is 13.6. The highest BCUT2D eigenvalue weighted by Gasteiger charge is 2.40. The number of aliphatic hydroxyl groups is 1. The lowest BCUT2D eigenvalue weighted by Crippen LogP contribution is -2.61. The van der Waals surface area contributed by atoms with E-state index in [9.17, 15) is 53.4 Å². The maximum atomic E-state index is 13.6. The lowest BCUT2D eigenvalue weighted by Gasteiger charge is -2.31. The zero-order valence-corrected chi connectivity index (χ0v) is 36.5. The van der Waals surface area contributed by atoms with Gasteiger partial charge in [0.1, 0.15) is 54.4 Å². The van der Waals surface area contributed by atoms with E-state index in [2.05, 4.69) is 37.2 Å². The Kier molecular flexibility index (Phi) is 20.9. The van der Waals surface area contributed by atoms with Gasteiger partial charge in [-0.1, -0.05) is 55.4 Å². The van der Waals surface area contributed by atoms with Crippen molar-refractivity contribution in [3.63, 3.8) is 0 Å². The van der Waals surface area contributed by atoms with Gasteiger partial charge < -0.3 is 58.1 Å². The third-order valence-corrected chi connectivity index (χ3v) is 9.96. The summed E-state index contributed by atoms with van der Waals surface area (Å²) in [6, 6.07) is -10.1. The number of aliphatic hydroxyl groups excluding tert-OH is 1. The van der Waals surface area contributed by atoms with E-state index in [0.29, 0.717) is 12.8 Å². The van der Waals surface area contributed by atoms with E-state index in [-0.39, 0.29) is 24.8 Å².